The molecule has 2 aromatic rings. The van der Waals surface area contributed by atoms with Gasteiger partial charge in [0.2, 0.25) is 0 Å². The molecular formula is C8H5BrFNS. The number of rotatable bonds is 0. The zero-order valence-corrected chi connectivity index (χ0v) is 8.42. The molecule has 1 nitrogen and oxygen atoms in total. The van der Waals surface area contributed by atoms with E-state index >= 15 is 0 Å². The lowest BCUT2D eigenvalue weighted by molar-refractivity contribution is 0.638. The van der Waals surface area contributed by atoms with E-state index in [1.54, 1.807) is 6.20 Å². The van der Waals surface area contributed by atoms with Crippen molar-refractivity contribution in [1.82, 2.24) is 4.98 Å². The lowest BCUT2D eigenvalue weighted by Crippen LogP contribution is -1.77. The van der Waals surface area contributed by atoms with Crippen molar-refractivity contribution in [2.24, 2.45) is 0 Å². The fraction of sp³-hybridized carbons (Fsp3) is 0. The van der Waals surface area contributed by atoms with Gasteiger partial charge in [-0.05, 0) is 12.1 Å². The molecule has 4 heteroatoms. The number of aromatic nitrogens is 1. The Kier molecular flexibility index (Phi) is 1.88. The maximum absolute atomic E-state index is 13.2. The summed E-state index contributed by atoms with van der Waals surface area (Å²) in [5.41, 5.74) is 0.756. The monoisotopic (exact) mass is 245 g/mol. The minimum atomic E-state index is -0.259. The minimum Gasteiger partial charge on any atom is -0.360 e. The highest BCUT2D eigenvalue weighted by Gasteiger charge is 2.06. The molecule has 0 spiro atoms. The van der Waals surface area contributed by atoms with Gasteiger partial charge >= 0.3 is 0 Å². The first-order valence-electron chi connectivity index (χ1n) is 3.33. The van der Waals surface area contributed by atoms with Gasteiger partial charge in [0.05, 0.1) is 5.52 Å². The van der Waals surface area contributed by atoms with E-state index in [2.05, 4.69) is 33.5 Å². The normalized spacial score (nSPS) is 10.9. The molecule has 0 radical (unpaired) electrons. The third-order valence-electron chi connectivity index (χ3n) is 1.68. The van der Waals surface area contributed by atoms with Crippen LogP contribution in [0.25, 0.3) is 10.9 Å². The zero-order chi connectivity index (χ0) is 8.72. The van der Waals surface area contributed by atoms with Gasteiger partial charge in [-0.3, -0.25) is 0 Å². The smallest absolute Gasteiger partial charge is 0.134 e. The average molecular weight is 246 g/mol. The van der Waals surface area contributed by atoms with E-state index in [1.165, 1.54) is 6.07 Å². The second kappa shape index (κ2) is 2.78. The fourth-order valence-electron chi connectivity index (χ4n) is 1.17. The van der Waals surface area contributed by atoms with Gasteiger partial charge in [-0.25, -0.2) is 4.39 Å². The Morgan fingerprint density at radius 2 is 2.17 bits per heavy atom. The van der Waals surface area contributed by atoms with Crippen molar-refractivity contribution in [2.45, 2.75) is 4.90 Å². The first-order chi connectivity index (χ1) is 5.68. The van der Waals surface area contributed by atoms with E-state index in [1.807, 2.05) is 6.07 Å². The van der Waals surface area contributed by atoms with Crippen LogP contribution in [0.5, 0.6) is 0 Å². The molecule has 0 aliphatic rings. The number of benzene rings is 1. The highest BCUT2D eigenvalue weighted by Crippen LogP contribution is 2.27. The number of aromatic amines is 1. The Labute approximate surface area is 82.5 Å². The van der Waals surface area contributed by atoms with E-state index in [0.29, 0.717) is 10.3 Å². The molecule has 1 aromatic carbocycles. The molecule has 12 heavy (non-hydrogen) atoms. The van der Waals surface area contributed by atoms with Gasteiger partial charge in [-0.15, -0.1) is 12.6 Å². The van der Waals surface area contributed by atoms with Crippen molar-refractivity contribution in [3.63, 3.8) is 0 Å². The molecule has 1 aromatic heterocycles. The van der Waals surface area contributed by atoms with Crippen LogP contribution < -0.4 is 0 Å². The largest absolute Gasteiger partial charge is 0.360 e. The van der Waals surface area contributed by atoms with Gasteiger partial charge in [0.1, 0.15) is 5.82 Å². The van der Waals surface area contributed by atoms with Crippen molar-refractivity contribution in [1.29, 1.82) is 0 Å². The summed E-state index contributed by atoms with van der Waals surface area (Å²) in [4.78, 5) is 3.56. The molecular weight excluding hydrogens is 241 g/mol. The van der Waals surface area contributed by atoms with Crippen molar-refractivity contribution < 1.29 is 4.39 Å². The van der Waals surface area contributed by atoms with Gasteiger partial charge in [0.25, 0.3) is 0 Å². The Bertz CT molecular complexity index is 438. The van der Waals surface area contributed by atoms with Crippen LogP contribution in [0.15, 0.2) is 27.7 Å². The Hall–Kier alpha value is -0.480. The molecule has 0 aliphatic heterocycles. The summed E-state index contributed by atoms with van der Waals surface area (Å²) in [6.45, 7) is 0. The van der Waals surface area contributed by atoms with Crippen LogP contribution in [0, 0.1) is 5.82 Å². The summed E-state index contributed by atoms with van der Waals surface area (Å²) in [6, 6.07) is 3.24. The zero-order valence-electron chi connectivity index (χ0n) is 5.94. The highest BCUT2D eigenvalue weighted by molar-refractivity contribution is 9.10. The standard InChI is InChI=1S/C8H5BrFNS/c9-4-1-5(10)8-6(2-4)11-3-7(8)12/h1-3,11-12H. The van der Waals surface area contributed by atoms with Gasteiger partial charge < -0.3 is 4.98 Å². The molecule has 1 N–H and O–H groups in total. The second-order valence-corrected chi connectivity index (χ2v) is 3.88. The van der Waals surface area contributed by atoms with E-state index in [9.17, 15) is 4.39 Å². The molecule has 0 atom stereocenters. The fourth-order valence-corrected chi connectivity index (χ4v) is 1.89. The van der Waals surface area contributed by atoms with Gasteiger partial charge in [-0.2, -0.15) is 0 Å². The van der Waals surface area contributed by atoms with Crippen molar-refractivity contribution in [2.75, 3.05) is 0 Å². The molecule has 0 unspecified atom stereocenters. The van der Waals surface area contributed by atoms with Crippen molar-refractivity contribution >= 4 is 39.5 Å². The van der Waals surface area contributed by atoms with E-state index in [0.717, 1.165) is 9.99 Å². The SMILES string of the molecule is Fc1cc(Br)cc2[nH]cc(S)c12. The topological polar surface area (TPSA) is 15.8 Å². The maximum atomic E-state index is 13.2. The van der Waals surface area contributed by atoms with Crippen LogP contribution >= 0.6 is 28.6 Å². The van der Waals surface area contributed by atoms with E-state index < -0.39 is 0 Å². The Balaban J connectivity index is 2.93. The molecule has 62 valence electrons. The van der Waals surface area contributed by atoms with Crippen LogP contribution in [-0.2, 0) is 0 Å². The summed E-state index contributed by atoms with van der Waals surface area (Å²) in [5, 5.41) is 0.543. The Morgan fingerprint density at radius 3 is 2.92 bits per heavy atom. The summed E-state index contributed by atoms with van der Waals surface area (Å²) < 4.78 is 14.0. The number of thiol groups is 1. The van der Waals surface area contributed by atoms with E-state index in [-0.39, 0.29) is 5.82 Å². The van der Waals surface area contributed by atoms with Crippen molar-refractivity contribution in [3.05, 3.63) is 28.6 Å². The van der Waals surface area contributed by atoms with Crippen LogP contribution in [0.4, 0.5) is 4.39 Å². The summed E-state index contributed by atoms with van der Waals surface area (Å²) in [6.07, 6.45) is 1.67. The summed E-state index contributed by atoms with van der Waals surface area (Å²) in [5.74, 6) is -0.259. The molecule has 0 amide bonds. The number of H-pyrrole nitrogens is 1. The molecule has 2 rings (SSSR count). The van der Waals surface area contributed by atoms with Crippen LogP contribution in [-0.4, -0.2) is 4.98 Å². The summed E-state index contributed by atoms with van der Waals surface area (Å²) >= 11 is 7.33. The molecule has 0 fully saturated rings. The predicted molar refractivity (Wildman–Crippen MR) is 53.2 cm³/mol. The number of hydrogen-bond acceptors (Lipinski definition) is 1. The summed E-state index contributed by atoms with van der Waals surface area (Å²) in [7, 11) is 0. The average Bonchev–Trinajstić information content (AvgIpc) is 2.31. The maximum Gasteiger partial charge on any atom is 0.134 e. The Morgan fingerprint density at radius 1 is 1.42 bits per heavy atom. The molecule has 0 saturated carbocycles. The van der Waals surface area contributed by atoms with Crippen molar-refractivity contribution in [3.8, 4) is 0 Å². The number of fused-ring (bicyclic) bond motifs is 1. The number of halogens is 2. The van der Waals surface area contributed by atoms with E-state index in [4.69, 9.17) is 0 Å². The predicted octanol–water partition coefficient (Wildman–Crippen LogP) is 3.36. The van der Waals surface area contributed by atoms with Crippen LogP contribution in [0.3, 0.4) is 0 Å². The molecule has 0 bridgehead atoms. The first kappa shape index (κ1) is 8.13. The molecule has 0 saturated heterocycles. The van der Waals surface area contributed by atoms with Gasteiger partial charge in [0.15, 0.2) is 0 Å². The number of hydrogen-bond donors (Lipinski definition) is 2. The number of nitrogens with one attached hydrogen (secondary N) is 1. The quantitative estimate of drug-likeness (QED) is 0.663. The third kappa shape index (κ3) is 1.15. The van der Waals surface area contributed by atoms with Gasteiger partial charge in [-0.1, -0.05) is 15.9 Å². The lowest BCUT2D eigenvalue weighted by atomic mass is 10.2. The second-order valence-electron chi connectivity index (χ2n) is 2.48. The van der Waals surface area contributed by atoms with Crippen LogP contribution in [0.1, 0.15) is 0 Å². The first-order valence-corrected chi connectivity index (χ1v) is 4.57. The van der Waals surface area contributed by atoms with Gasteiger partial charge in [0, 0.05) is 21.0 Å². The van der Waals surface area contributed by atoms with Crippen LogP contribution in [0.2, 0.25) is 0 Å². The molecule has 1 heterocycles. The molecule has 0 aliphatic carbocycles. The lowest BCUT2D eigenvalue weighted by Gasteiger charge is -1.95. The third-order valence-corrected chi connectivity index (χ3v) is 2.49. The highest BCUT2D eigenvalue weighted by atomic mass is 79.9. The minimum absolute atomic E-state index is 0.259.